The maximum absolute atomic E-state index is 5.58. The molecule has 1 unspecified atom stereocenters. The number of hydrogen-bond donors (Lipinski definition) is 2. The van der Waals surface area contributed by atoms with Gasteiger partial charge in [0.2, 0.25) is 0 Å². The van der Waals surface area contributed by atoms with Crippen LogP contribution in [0.1, 0.15) is 24.5 Å². The molecule has 2 aromatic carbocycles. The molecule has 27 heavy (non-hydrogen) atoms. The Morgan fingerprint density at radius 3 is 2.41 bits per heavy atom. The first-order valence-electron chi connectivity index (χ1n) is 9.43. The molecule has 146 valence electrons. The van der Waals surface area contributed by atoms with Crippen molar-refractivity contribution in [2.24, 2.45) is 4.99 Å². The third kappa shape index (κ3) is 8.13. The minimum Gasteiger partial charge on any atom is -0.491 e. The van der Waals surface area contributed by atoms with Gasteiger partial charge in [0, 0.05) is 26.7 Å². The average molecular weight is 370 g/mol. The molecule has 2 rings (SSSR count). The van der Waals surface area contributed by atoms with E-state index < -0.39 is 0 Å². The topological polar surface area (TPSA) is 54.9 Å². The zero-order chi connectivity index (χ0) is 19.3. The van der Waals surface area contributed by atoms with Crippen LogP contribution in [-0.2, 0) is 17.7 Å². The molecule has 0 aliphatic rings. The zero-order valence-corrected chi connectivity index (χ0v) is 16.6. The van der Waals surface area contributed by atoms with Gasteiger partial charge in [0.1, 0.15) is 12.4 Å². The summed E-state index contributed by atoms with van der Waals surface area (Å²) in [5.41, 5.74) is 2.54. The van der Waals surface area contributed by atoms with Gasteiger partial charge in [-0.15, -0.1) is 0 Å². The average Bonchev–Trinajstić information content (AvgIpc) is 2.71. The molecule has 0 aliphatic carbocycles. The van der Waals surface area contributed by atoms with E-state index in [4.69, 9.17) is 9.47 Å². The third-order valence-corrected chi connectivity index (χ3v) is 4.26. The van der Waals surface area contributed by atoms with Crippen LogP contribution in [0.25, 0.3) is 0 Å². The monoisotopic (exact) mass is 369 g/mol. The van der Waals surface area contributed by atoms with Gasteiger partial charge in [0.25, 0.3) is 0 Å². The fraction of sp³-hybridized carbons (Fsp3) is 0.409. The van der Waals surface area contributed by atoms with Crippen molar-refractivity contribution in [3.8, 4) is 5.75 Å². The van der Waals surface area contributed by atoms with E-state index in [2.05, 4.69) is 65.0 Å². The number of ether oxygens (including phenoxy) is 2. The summed E-state index contributed by atoms with van der Waals surface area (Å²) < 4.78 is 10.6. The maximum Gasteiger partial charge on any atom is 0.191 e. The molecule has 2 aromatic rings. The highest BCUT2D eigenvalue weighted by molar-refractivity contribution is 5.79. The Bertz CT molecular complexity index is 672. The summed E-state index contributed by atoms with van der Waals surface area (Å²) in [4.78, 5) is 4.32. The van der Waals surface area contributed by atoms with E-state index in [0.29, 0.717) is 25.8 Å². The van der Waals surface area contributed by atoms with Crippen LogP contribution in [0.2, 0.25) is 0 Å². The molecule has 0 spiro atoms. The maximum atomic E-state index is 5.58. The molecule has 0 heterocycles. The van der Waals surface area contributed by atoms with Gasteiger partial charge in [-0.25, -0.2) is 0 Å². The van der Waals surface area contributed by atoms with E-state index in [0.717, 1.165) is 24.6 Å². The van der Waals surface area contributed by atoms with Gasteiger partial charge in [0.05, 0.1) is 6.61 Å². The lowest BCUT2D eigenvalue weighted by molar-refractivity contribution is 0.146. The number of rotatable bonds is 10. The second-order valence-electron chi connectivity index (χ2n) is 6.48. The van der Waals surface area contributed by atoms with Gasteiger partial charge >= 0.3 is 0 Å². The van der Waals surface area contributed by atoms with Crippen LogP contribution in [0, 0.1) is 0 Å². The summed E-state index contributed by atoms with van der Waals surface area (Å²) in [6.45, 7) is 4.05. The first-order valence-corrected chi connectivity index (χ1v) is 9.43. The Labute approximate surface area is 162 Å². The van der Waals surface area contributed by atoms with Gasteiger partial charge in [-0.3, -0.25) is 4.99 Å². The number of guanidine groups is 1. The lowest BCUT2D eigenvalue weighted by Gasteiger charge is -2.18. The van der Waals surface area contributed by atoms with E-state index in [1.807, 2.05) is 12.1 Å². The molecule has 0 saturated heterocycles. The van der Waals surface area contributed by atoms with E-state index in [1.54, 1.807) is 14.2 Å². The number of methoxy groups -OCH3 is 1. The molecule has 5 heteroatoms. The van der Waals surface area contributed by atoms with Crippen molar-refractivity contribution >= 4 is 5.96 Å². The number of hydrogen-bond acceptors (Lipinski definition) is 3. The zero-order valence-electron chi connectivity index (χ0n) is 16.6. The quantitative estimate of drug-likeness (QED) is 0.383. The van der Waals surface area contributed by atoms with Crippen molar-refractivity contribution in [3.63, 3.8) is 0 Å². The minimum absolute atomic E-state index is 0.341. The molecule has 1 atom stereocenters. The molecule has 0 amide bonds. The Kier molecular flexibility index (Phi) is 9.21. The van der Waals surface area contributed by atoms with Crippen LogP contribution < -0.4 is 15.4 Å². The lowest BCUT2D eigenvalue weighted by atomic mass is 10.1. The molecule has 0 aromatic heterocycles. The number of aliphatic imine (C=N–C) groups is 1. The highest BCUT2D eigenvalue weighted by Gasteiger charge is 2.06. The summed E-state index contributed by atoms with van der Waals surface area (Å²) in [7, 11) is 3.47. The van der Waals surface area contributed by atoms with Crippen molar-refractivity contribution in [2.45, 2.75) is 32.4 Å². The molecule has 0 aliphatic heterocycles. The van der Waals surface area contributed by atoms with E-state index in [-0.39, 0.29) is 0 Å². The van der Waals surface area contributed by atoms with Gasteiger partial charge in [0.15, 0.2) is 5.96 Å². The van der Waals surface area contributed by atoms with E-state index in [9.17, 15) is 0 Å². The van der Waals surface area contributed by atoms with Crippen LogP contribution in [-0.4, -0.2) is 39.4 Å². The first kappa shape index (κ1) is 20.8. The number of nitrogens with one attached hydrogen (secondary N) is 2. The molecular weight excluding hydrogens is 338 g/mol. The van der Waals surface area contributed by atoms with E-state index >= 15 is 0 Å². The van der Waals surface area contributed by atoms with Crippen LogP contribution in [0.5, 0.6) is 5.75 Å². The van der Waals surface area contributed by atoms with E-state index in [1.165, 1.54) is 11.1 Å². The minimum atomic E-state index is 0.341. The van der Waals surface area contributed by atoms with Crippen LogP contribution in [0.4, 0.5) is 0 Å². The molecule has 0 saturated carbocycles. The van der Waals surface area contributed by atoms with Crippen molar-refractivity contribution in [2.75, 3.05) is 27.4 Å². The molecule has 0 bridgehead atoms. The van der Waals surface area contributed by atoms with Crippen molar-refractivity contribution in [3.05, 3.63) is 65.7 Å². The van der Waals surface area contributed by atoms with Crippen molar-refractivity contribution in [1.29, 1.82) is 0 Å². The Morgan fingerprint density at radius 2 is 1.74 bits per heavy atom. The first-order chi connectivity index (χ1) is 13.2. The Hall–Kier alpha value is -2.53. The SMILES string of the molecule is CN=C(NCc1ccc(OCCOC)cc1)NC(C)CCc1ccccc1. The number of aryl methyl sites for hydroxylation is 1. The summed E-state index contributed by atoms with van der Waals surface area (Å²) in [6, 6.07) is 19.0. The van der Waals surface area contributed by atoms with Crippen LogP contribution in [0.3, 0.4) is 0 Å². The predicted molar refractivity (Wildman–Crippen MR) is 111 cm³/mol. The van der Waals surface area contributed by atoms with Gasteiger partial charge in [-0.2, -0.15) is 0 Å². The molecule has 0 radical (unpaired) electrons. The van der Waals surface area contributed by atoms with Gasteiger partial charge < -0.3 is 20.1 Å². The Morgan fingerprint density at radius 1 is 1.00 bits per heavy atom. The number of benzene rings is 2. The lowest BCUT2D eigenvalue weighted by Crippen LogP contribution is -2.42. The van der Waals surface area contributed by atoms with Crippen LogP contribution >= 0.6 is 0 Å². The van der Waals surface area contributed by atoms with Crippen molar-refractivity contribution in [1.82, 2.24) is 10.6 Å². The molecule has 2 N–H and O–H groups in total. The van der Waals surface area contributed by atoms with Crippen LogP contribution in [0.15, 0.2) is 59.6 Å². The largest absolute Gasteiger partial charge is 0.491 e. The van der Waals surface area contributed by atoms with Gasteiger partial charge in [-0.05, 0) is 43.0 Å². The summed E-state index contributed by atoms with van der Waals surface area (Å²) in [5.74, 6) is 1.67. The Balaban J connectivity index is 1.72. The fourth-order valence-corrected chi connectivity index (χ4v) is 2.66. The van der Waals surface area contributed by atoms with Crippen molar-refractivity contribution < 1.29 is 9.47 Å². The summed E-state index contributed by atoms with van der Waals surface area (Å²) >= 11 is 0. The molecule has 0 fully saturated rings. The third-order valence-electron chi connectivity index (χ3n) is 4.26. The second-order valence-corrected chi connectivity index (χ2v) is 6.48. The van der Waals surface area contributed by atoms with Gasteiger partial charge in [-0.1, -0.05) is 42.5 Å². The smallest absolute Gasteiger partial charge is 0.191 e. The summed E-state index contributed by atoms with van der Waals surface area (Å²) in [6.07, 6.45) is 2.11. The summed E-state index contributed by atoms with van der Waals surface area (Å²) in [5, 5.41) is 6.82. The predicted octanol–water partition coefficient (Wildman–Crippen LogP) is 3.40. The highest BCUT2D eigenvalue weighted by Crippen LogP contribution is 2.12. The fourth-order valence-electron chi connectivity index (χ4n) is 2.66. The standard InChI is InChI=1S/C22H31N3O2/c1-18(9-10-19-7-5-4-6-8-19)25-22(23-2)24-17-20-11-13-21(14-12-20)27-16-15-26-3/h4-8,11-14,18H,9-10,15-17H2,1-3H3,(H2,23,24,25). The molecule has 5 nitrogen and oxygen atoms in total. The second kappa shape index (κ2) is 12.0. The normalized spacial score (nSPS) is 12.5. The molecular formula is C22H31N3O2. The number of nitrogens with zero attached hydrogens (tertiary/aromatic N) is 1. The highest BCUT2D eigenvalue weighted by atomic mass is 16.5.